The highest BCUT2D eigenvalue weighted by atomic mass is 32.2. The van der Waals surface area contributed by atoms with E-state index in [1.807, 2.05) is 18.2 Å². The zero-order valence-corrected chi connectivity index (χ0v) is 9.13. The molecule has 80 valence electrons. The molecule has 0 spiro atoms. The van der Waals surface area contributed by atoms with Crippen LogP contribution in [0.25, 0.3) is 0 Å². The molecule has 1 aromatic carbocycles. The summed E-state index contributed by atoms with van der Waals surface area (Å²) in [5, 5.41) is 0. The third-order valence-electron chi connectivity index (χ3n) is 2.14. The fourth-order valence-electron chi connectivity index (χ4n) is 1.40. The van der Waals surface area contributed by atoms with E-state index in [-0.39, 0.29) is 6.67 Å². The highest BCUT2D eigenvalue weighted by molar-refractivity contribution is 7.98. The van der Waals surface area contributed by atoms with Gasteiger partial charge in [-0.05, 0) is 18.2 Å². The lowest BCUT2D eigenvalue weighted by Crippen LogP contribution is -2.25. The molecule has 0 N–H and O–H groups in total. The average molecular weight is 226 g/mol. The maximum Gasteiger partial charge on any atom is 0.120 e. The summed E-state index contributed by atoms with van der Waals surface area (Å²) in [5.41, 5.74) is 0.980. The minimum Gasteiger partial charge on any atom is -0.497 e. The van der Waals surface area contributed by atoms with E-state index in [2.05, 4.69) is 4.40 Å². The number of benzene rings is 1. The maximum absolute atomic E-state index is 12.3. The van der Waals surface area contributed by atoms with Crippen LogP contribution in [0.3, 0.4) is 0 Å². The second-order valence-electron chi connectivity index (χ2n) is 3.03. The van der Waals surface area contributed by atoms with Gasteiger partial charge in [0.25, 0.3) is 0 Å². The molecule has 0 bridgehead atoms. The number of fused-ring (bicyclic) bond motifs is 1. The number of methoxy groups -OCH3 is 1. The normalized spacial score (nSPS) is 13.9. The Morgan fingerprint density at radius 2 is 2.40 bits per heavy atom. The van der Waals surface area contributed by atoms with Crippen molar-refractivity contribution >= 4 is 24.0 Å². The van der Waals surface area contributed by atoms with Crippen LogP contribution in [0.4, 0.5) is 10.1 Å². The van der Waals surface area contributed by atoms with Gasteiger partial charge in [-0.15, -0.1) is 0 Å². The lowest BCUT2D eigenvalue weighted by atomic mass is 10.2. The van der Waals surface area contributed by atoms with Crippen LogP contribution >= 0.6 is 11.9 Å². The molecule has 1 aliphatic rings. The van der Waals surface area contributed by atoms with Crippen LogP contribution in [0.2, 0.25) is 0 Å². The van der Waals surface area contributed by atoms with E-state index in [9.17, 15) is 4.39 Å². The van der Waals surface area contributed by atoms with Gasteiger partial charge in [0.2, 0.25) is 0 Å². The zero-order valence-electron chi connectivity index (χ0n) is 8.31. The van der Waals surface area contributed by atoms with Gasteiger partial charge in [-0.1, -0.05) is 0 Å². The largest absolute Gasteiger partial charge is 0.497 e. The minimum atomic E-state index is -0.387. The van der Waals surface area contributed by atoms with Gasteiger partial charge in [-0.25, -0.2) is 8.79 Å². The lowest BCUT2D eigenvalue weighted by Gasteiger charge is -2.23. The fourth-order valence-corrected chi connectivity index (χ4v) is 2.12. The van der Waals surface area contributed by atoms with Crippen LogP contribution in [-0.4, -0.2) is 26.7 Å². The van der Waals surface area contributed by atoms with Crippen molar-refractivity contribution in [3.63, 3.8) is 0 Å². The number of alkyl halides is 1. The van der Waals surface area contributed by atoms with Crippen molar-refractivity contribution < 1.29 is 9.13 Å². The second-order valence-corrected chi connectivity index (χ2v) is 3.86. The Hall–Kier alpha value is -1.23. The van der Waals surface area contributed by atoms with Crippen molar-refractivity contribution in [1.82, 2.24) is 0 Å². The standard InChI is InChI=1S/C10H11FN2OS/c1-14-8-2-3-9-10(6-8)15-12-7-13(9)5-4-11/h2-3,6-7H,4-5H2,1H3. The maximum atomic E-state index is 12.3. The van der Waals surface area contributed by atoms with Gasteiger partial charge in [-0.3, -0.25) is 0 Å². The van der Waals surface area contributed by atoms with Crippen LogP contribution in [0, 0.1) is 0 Å². The highest BCUT2D eigenvalue weighted by Crippen LogP contribution is 2.36. The summed E-state index contributed by atoms with van der Waals surface area (Å²) in [4.78, 5) is 2.79. The van der Waals surface area contributed by atoms with E-state index >= 15 is 0 Å². The molecule has 0 aliphatic carbocycles. The quantitative estimate of drug-likeness (QED) is 0.740. The Bertz CT molecular complexity index is 384. The average Bonchev–Trinajstić information content (AvgIpc) is 2.29. The van der Waals surface area contributed by atoms with Crippen LogP contribution in [0.1, 0.15) is 0 Å². The Kier molecular flexibility index (Phi) is 3.11. The van der Waals surface area contributed by atoms with E-state index in [4.69, 9.17) is 4.74 Å². The summed E-state index contributed by atoms with van der Waals surface area (Å²) in [6, 6.07) is 5.69. The van der Waals surface area contributed by atoms with Gasteiger partial charge in [0, 0.05) is 11.9 Å². The Morgan fingerprint density at radius 1 is 1.53 bits per heavy atom. The number of rotatable bonds is 3. The SMILES string of the molecule is COc1ccc2c(c1)SN=CN2CCF. The summed E-state index contributed by atoms with van der Waals surface area (Å²) >= 11 is 1.37. The molecule has 5 heteroatoms. The predicted octanol–water partition coefficient (Wildman–Crippen LogP) is 2.52. The predicted molar refractivity (Wildman–Crippen MR) is 60.7 cm³/mol. The first-order chi connectivity index (χ1) is 7.35. The Morgan fingerprint density at radius 3 is 3.13 bits per heavy atom. The first-order valence-corrected chi connectivity index (χ1v) is 5.33. The number of anilines is 1. The molecular formula is C10H11FN2OS. The van der Waals surface area contributed by atoms with E-state index in [1.54, 1.807) is 18.3 Å². The summed E-state index contributed by atoms with van der Waals surface area (Å²) < 4.78 is 21.5. The minimum absolute atomic E-state index is 0.337. The molecule has 15 heavy (non-hydrogen) atoms. The highest BCUT2D eigenvalue weighted by Gasteiger charge is 2.14. The van der Waals surface area contributed by atoms with Crippen molar-refractivity contribution in [3.8, 4) is 5.75 Å². The van der Waals surface area contributed by atoms with Crippen molar-refractivity contribution in [2.75, 3.05) is 25.2 Å². The van der Waals surface area contributed by atoms with E-state index < -0.39 is 0 Å². The summed E-state index contributed by atoms with van der Waals surface area (Å²) in [6.07, 6.45) is 1.65. The molecule has 0 atom stereocenters. The van der Waals surface area contributed by atoms with Gasteiger partial charge in [0.15, 0.2) is 0 Å². The van der Waals surface area contributed by atoms with E-state index in [0.29, 0.717) is 6.54 Å². The molecule has 0 saturated carbocycles. The molecular weight excluding hydrogens is 215 g/mol. The number of nitrogens with zero attached hydrogens (tertiary/aromatic N) is 2. The molecule has 2 rings (SSSR count). The fraction of sp³-hybridized carbons (Fsp3) is 0.300. The molecule has 0 radical (unpaired) electrons. The number of halogens is 1. The second kappa shape index (κ2) is 4.53. The number of hydrogen-bond acceptors (Lipinski definition) is 4. The Balaban J connectivity index is 2.31. The monoisotopic (exact) mass is 226 g/mol. The zero-order chi connectivity index (χ0) is 10.7. The molecule has 3 nitrogen and oxygen atoms in total. The van der Waals surface area contributed by atoms with E-state index in [0.717, 1.165) is 16.3 Å². The van der Waals surface area contributed by atoms with Crippen molar-refractivity contribution in [2.45, 2.75) is 4.90 Å². The molecule has 1 aromatic rings. The molecule has 0 aromatic heterocycles. The lowest BCUT2D eigenvalue weighted by molar-refractivity contribution is 0.413. The summed E-state index contributed by atoms with van der Waals surface area (Å²) in [5.74, 6) is 0.790. The number of ether oxygens (including phenoxy) is 1. The van der Waals surface area contributed by atoms with Crippen molar-refractivity contribution in [2.24, 2.45) is 4.40 Å². The van der Waals surface area contributed by atoms with Gasteiger partial charge in [-0.2, -0.15) is 0 Å². The number of hydrogen-bond donors (Lipinski definition) is 0. The third-order valence-corrected chi connectivity index (χ3v) is 2.86. The molecule has 0 amide bonds. The van der Waals surface area contributed by atoms with Crippen LogP contribution in [0.5, 0.6) is 5.75 Å². The molecule has 0 saturated heterocycles. The molecule has 0 unspecified atom stereocenters. The summed E-state index contributed by atoms with van der Waals surface area (Å²) in [6.45, 7) is -0.0501. The topological polar surface area (TPSA) is 24.8 Å². The first-order valence-electron chi connectivity index (χ1n) is 4.56. The van der Waals surface area contributed by atoms with Crippen molar-refractivity contribution in [1.29, 1.82) is 0 Å². The smallest absolute Gasteiger partial charge is 0.120 e. The van der Waals surface area contributed by atoms with Gasteiger partial charge in [0.05, 0.1) is 24.2 Å². The van der Waals surface area contributed by atoms with Crippen LogP contribution in [-0.2, 0) is 0 Å². The Labute approximate surface area is 92.1 Å². The van der Waals surface area contributed by atoms with Gasteiger partial charge < -0.3 is 9.64 Å². The van der Waals surface area contributed by atoms with Crippen LogP contribution < -0.4 is 9.64 Å². The first kappa shape index (κ1) is 10.3. The van der Waals surface area contributed by atoms with Gasteiger partial charge in [0.1, 0.15) is 18.8 Å². The van der Waals surface area contributed by atoms with Crippen LogP contribution in [0.15, 0.2) is 27.5 Å². The third kappa shape index (κ3) is 2.07. The summed E-state index contributed by atoms with van der Waals surface area (Å²) in [7, 11) is 1.62. The molecule has 1 aliphatic heterocycles. The van der Waals surface area contributed by atoms with E-state index in [1.165, 1.54) is 11.9 Å². The molecule has 1 heterocycles. The molecule has 0 fully saturated rings. The van der Waals surface area contributed by atoms with Crippen molar-refractivity contribution in [3.05, 3.63) is 18.2 Å². The van der Waals surface area contributed by atoms with Gasteiger partial charge >= 0.3 is 0 Å².